The van der Waals surface area contributed by atoms with Crippen molar-refractivity contribution >= 4 is 17.6 Å². The summed E-state index contributed by atoms with van der Waals surface area (Å²) >= 11 is 6.03. The zero-order valence-electron chi connectivity index (χ0n) is 10.4. The topological polar surface area (TPSA) is 62.1 Å². The van der Waals surface area contributed by atoms with E-state index in [2.05, 4.69) is 5.32 Å². The maximum Gasteiger partial charge on any atom is 0.322 e. The van der Waals surface area contributed by atoms with Gasteiger partial charge in [-0.15, -0.1) is 0 Å². The van der Waals surface area contributed by atoms with Gasteiger partial charge in [0.05, 0.1) is 18.2 Å². The van der Waals surface area contributed by atoms with Crippen LogP contribution < -0.4 is 5.32 Å². The van der Waals surface area contributed by atoms with Gasteiger partial charge in [0.1, 0.15) is 6.04 Å². The van der Waals surface area contributed by atoms with Crippen molar-refractivity contribution in [2.24, 2.45) is 0 Å². The Bertz CT molecular complexity index is 469. The Labute approximate surface area is 112 Å². The molecule has 0 fully saturated rings. The number of halogens is 1. The monoisotopic (exact) mass is 266 g/mol. The summed E-state index contributed by atoms with van der Waals surface area (Å²) in [5, 5.41) is 12.2. The molecule has 1 unspecified atom stereocenters. The Morgan fingerprint density at radius 3 is 2.89 bits per heavy atom. The number of carbonyl (C=O) groups excluding carboxylic acids is 1. The fourth-order valence-corrected chi connectivity index (χ4v) is 1.62. The van der Waals surface area contributed by atoms with Crippen molar-refractivity contribution in [3.63, 3.8) is 0 Å². The molecule has 0 aliphatic rings. The van der Waals surface area contributed by atoms with Crippen molar-refractivity contribution in [2.75, 3.05) is 6.61 Å². The zero-order chi connectivity index (χ0) is 13.5. The van der Waals surface area contributed by atoms with Crippen LogP contribution in [-0.4, -0.2) is 18.6 Å². The molecule has 96 valence electrons. The highest BCUT2D eigenvalue weighted by atomic mass is 35.5. The molecular formula is C13H15ClN2O2. The lowest BCUT2D eigenvalue weighted by atomic mass is 10.1. The highest BCUT2D eigenvalue weighted by Crippen LogP contribution is 2.17. The van der Waals surface area contributed by atoms with Gasteiger partial charge in [0.2, 0.25) is 0 Å². The molecule has 0 saturated heterocycles. The second-order valence-corrected chi connectivity index (χ2v) is 4.18. The molecule has 0 aliphatic heterocycles. The predicted octanol–water partition coefficient (Wildman–Crippen LogP) is 2.25. The normalized spacial score (nSPS) is 11.7. The number of nitrogens with one attached hydrogen (secondary N) is 1. The van der Waals surface area contributed by atoms with Crippen LogP contribution in [0.2, 0.25) is 5.02 Å². The van der Waals surface area contributed by atoms with Gasteiger partial charge >= 0.3 is 5.97 Å². The van der Waals surface area contributed by atoms with Gasteiger partial charge in [0.15, 0.2) is 0 Å². The molecule has 5 heteroatoms. The quantitative estimate of drug-likeness (QED) is 0.831. The Morgan fingerprint density at radius 1 is 1.61 bits per heavy atom. The summed E-state index contributed by atoms with van der Waals surface area (Å²) in [6, 6.07) is 6.69. The lowest BCUT2D eigenvalue weighted by Crippen LogP contribution is -2.34. The molecule has 0 heterocycles. The SMILES string of the molecule is CCOC(=O)C(C)NCc1ccc(C#N)cc1Cl. The van der Waals surface area contributed by atoms with E-state index in [0.717, 1.165) is 5.56 Å². The number of hydrogen-bond donors (Lipinski definition) is 1. The number of rotatable bonds is 5. The first-order chi connectivity index (χ1) is 8.58. The van der Waals surface area contributed by atoms with Crippen molar-refractivity contribution in [1.82, 2.24) is 5.32 Å². The van der Waals surface area contributed by atoms with Crippen molar-refractivity contribution in [3.8, 4) is 6.07 Å². The first-order valence-electron chi connectivity index (χ1n) is 5.67. The van der Waals surface area contributed by atoms with Gasteiger partial charge in [0.25, 0.3) is 0 Å². The molecule has 18 heavy (non-hydrogen) atoms. The number of hydrogen-bond acceptors (Lipinski definition) is 4. The number of nitrogens with zero attached hydrogens (tertiary/aromatic N) is 1. The Hall–Kier alpha value is -1.57. The molecule has 1 N–H and O–H groups in total. The molecule has 0 saturated carbocycles. The number of esters is 1. The number of benzene rings is 1. The molecule has 1 atom stereocenters. The van der Waals surface area contributed by atoms with Gasteiger partial charge in [-0.2, -0.15) is 5.26 Å². The van der Waals surface area contributed by atoms with Crippen LogP contribution in [0.15, 0.2) is 18.2 Å². The van der Waals surface area contributed by atoms with Gasteiger partial charge in [0, 0.05) is 11.6 Å². The van der Waals surface area contributed by atoms with Gasteiger partial charge in [-0.3, -0.25) is 4.79 Å². The molecule has 0 bridgehead atoms. The van der Waals surface area contributed by atoms with E-state index in [4.69, 9.17) is 21.6 Å². The zero-order valence-corrected chi connectivity index (χ0v) is 11.1. The Kier molecular flexibility index (Phi) is 5.63. The fraction of sp³-hybridized carbons (Fsp3) is 0.385. The molecule has 0 spiro atoms. The first-order valence-corrected chi connectivity index (χ1v) is 6.04. The average molecular weight is 267 g/mol. The van der Waals surface area contributed by atoms with Crippen LogP contribution in [0.1, 0.15) is 25.0 Å². The fourth-order valence-electron chi connectivity index (χ4n) is 1.37. The molecule has 0 aliphatic carbocycles. The van der Waals surface area contributed by atoms with Crippen molar-refractivity contribution < 1.29 is 9.53 Å². The van der Waals surface area contributed by atoms with E-state index in [1.165, 1.54) is 0 Å². The minimum absolute atomic E-state index is 0.290. The van der Waals surface area contributed by atoms with E-state index >= 15 is 0 Å². The second kappa shape index (κ2) is 7.00. The minimum atomic E-state index is -0.392. The highest BCUT2D eigenvalue weighted by molar-refractivity contribution is 6.31. The standard InChI is InChI=1S/C13H15ClN2O2/c1-3-18-13(17)9(2)16-8-11-5-4-10(7-15)6-12(11)14/h4-6,9,16H,3,8H2,1-2H3. The van der Waals surface area contributed by atoms with E-state index in [0.29, 0.717) is 23.7 Å². The van der Waals surface area contributed by atoms with Crippen LogP contribution in [-0.2, 0) is 16.1 Å². The van der Waals surface area contributed by atoms with Gasteiger partial charge < -0.3 is 10.1 Å². The van der Waals surface area contributed by atoms with E-state index < -0.39 is 6.04 Å². The maximum absolute atomic E-state index is 11.4. The van der Waals surface area contributed by atoms with Crippen LogP contribution in [0.25, 0.3) is 0 Å². The van der Waals surface area contributed by atoms with Crippen molar-refractivity contribution in [1.29, 1.82) is 5.26 Å². The summed E-state index contributed by atoms with van der Waals surface area (Å²) < 4.78 is 4.88. The van der Waals surface area contributed by atoms with Gasteiger partial charge in [-0.25, -0.2) is 0 Å². The minimum Gasteiger partial charge on any atom is -0.465 e. The molecule has 0 radical (unpaired) electrons. The van der Waals surface area contributed by atoms with Crippen LogP contribution in [0.4, 0.5) is 0 Å². The van der Waals surface area contributed by atoms with E-state index in [1.54, 1.807) is 32.0 Å². The summed E-state index contributed by atoms with van der Waals surface area (Å²) in [4.78, 5) is 11.4. The first kappa shape index (κ1) is 14.5. The predicted molar refractivity (Wildman–Crippen MR) is 69.1 cm³/mol. The molecule has 0 aromatic heterocycles. The summed E-state index contributed by atoms with van der Waals surface area (Å²) in [6.45, 7) is 4.31. The summed E-state index contributed by atoms with van der Waals surface area (Å²) in [5.74, 6) is -0.290. The van der Waals surface area contributed by atoms with Crippen LogP contribution in [0.3, 0.4) is 0 Å². The molecule has 1 aromatic carbocycles. The van der Waals surface area contributed by atoms with Crippen molar-refractivity contribution in [3.05, 3.63) is 34.3 Å². The third-order valence-electron chi connectivity index (χ3n) is 2.42. The molecule has 4 nitrogen and oxygen atoms in total. The van der Waals surface area contributed by atoms with Crippen LogP contribution in [0, 0.1) is 11.3 Å². The van der Waals surface area contributed by atoms with Crippen molar-refractivity contribution in [2.45, 2.75) is 26.4 Å². The molecule has 0 amide bonds. The summed E-state index contributed by atoms with van der Waals surface area (Å²) in [6.07, 6.45) is 0. The lowest BCUT2D eigenvalue weighted by molar-refractivity contribution is -0.145. The summed E-state index contributed by atoms with van der Waals surface area (Å²) in [5.41, 5.74) is 1.36. The second-order valence-electron chi connectivity index (χ2n) is 3.77. The number of nitriles is 1. The number of ether oxygens (including phenoxy) is 1. The lowest BCUT2D eigenvalue weighted by Gasteiger charge is -2.13. The van der Waals surface area contributed by atoms with E-state index in [1.807, 2.05) is 6.07 Å². The van der Waals surface area contributed by atoms with E-state index in [-0.39, 0.29) is 5.97 Å². The third-order valence-corrected chi connectivity index (χ3v) is 2.77. The Balaban J connectivity index is 2.59. The van der Waals surface area contributed by atoms with Gasteiger partial charge in [-0.1, -0.05) is 17.7 Å². The third kappa shape index (κ3) is 4.02. The smallest absolute Gasteiger partial charge is 0.322 e. The molecule has 1 rings (SSSR count). The summed E-state index contributed by atoms with van der Waals surface area (Å²) in [7, 11) is 0. The van der Waals surface area contributed by atoms with Gasteiger partial charge in [-0.05, 0) is 31.5 Å². The van der Waals surface area contributed by atoms with Crippen LogP contribution in [0.5, 0.6) is 0 Å². The largest absolute Gasteiger partial charge is 0.465 e. The molecule has 1 aromatic rings. The average Bonchev–Trinajstić information content (AvgIpc) is 2.37. The molecular weight excluding hydrogens is 252 g/mol. The maximum atomic E-state index is 11.4. The Morgan fingerprint density at radius 2 is 2.33 bits per heavy atom. The highest BCUT2D eigenvalue weighted by Gasteiger charge is 2.13. The number of carbonyl (C=O) groups is 1. The van der Waals surface area contributed by atoms with E-state index in [9.17, 15) is 4.79 Å². The van der Waals surface area contributed by atoms with Crippen LogP contribution >= 0.6 is 11.6 Å².